The van der Waals surface area contributed by atoms with Crippen molar-refractivity contribution in [3.63, 3.8) is 0 Å². The van der Waals surface area contributed by atoms with Gasteiger partial charge in [-0.3, -0.25) is 0 Å². The summed E-state index contributed by atoms with van der Waals surface area (Å²) in [4.78, 5) is 24.4. The van der Waals surface area contributed by atoms with Crippen LogP contribution in [0.1, 0.15) is 37.7 Å². The predicted octanol–water partition coefficient (Wildman–Crippen LogP) is 4.91. The summed E-state index contributed by atoms with van der Waals surface area (Å²) < 4.78 is 45.5. The summed E-state index contributed by atoms with van der Waals surface area (Å²) >= 11 is 0. The third-order valence-electron chi connectivity index (χ3n) is 4.82. The fourth-order valence-corrected chi connectivity index (χ4v) is 3.45. The van der Waals surface area contributed by atoms with Crippen LogP contribution in [-0.4, -0.2) is 52.7 Å². The van der Waals surface area contributed by atoms with Crippen LogP contribution >= 0.6 is 0 Å². The van der Waals surface area contributed by atoms with Crippen LogP contribution in [0.2, 0.25) is 0 Å². The number of aryl methyl sites for hydroxylation is 2. The zero-order chi connectivity index (χ0) is 23.7. The van der Waals surface area contributed by atoms with Gasteiger partial charge in [0.1, 0.15) is 5.60 Å². The first-order valence-corrected chi connectivity index (χ1v) is 10.4. The lowest BCUT2D eigenvalue weighted by molar-refractivity contribution is -0.137. The number of hydrogen-bond donors (Lipinski definition) is 1. The summed E-state index contributed by atoms with van der Waals surface area (Å²) in [5.41, 5.74) is 0.907. The molecule has 32 heavy (non-hydrogen) atoms. The lowest BCUT2D eigenvalue weighted by Gasteiger charge is -2.37. The Morgan fingerprint density at radius 3 is 2.12 bits per heavy atom. The van der Waals surface area contributed by atoms with Crippen LogP contribution < -0.4 is 10.2 Å². The summed E-state index contributed by atoms with van der Waals surface area (Å²) in [6, 6.07) is 5.35. The summed E-state index contributed by atoms with van der Waals surface area (Å²) in [7, 11) is 0. The largest absolute Gasteiger partial charge is 0.444 e. The molecule has 3 rings (SSSR count). The van der Waals surface area contributed by atoms with E-state index in [4.69, 9.17) is 4.74 Å². The molecule has 174 valence electrons. The third-order valence-corrected chi connectivity index (χ3v) is 4.82. The van der Waals surface area contributed by atoms with Crippen molar-refractivity contribution in [3.05, 3.63) is 41.2 Å². The molecule has 0 unspecified atom stereocenters. The number of benzene rings is 1. The summed E-state index contributed by atoms with van der Waals surface area (Å²) in [6.45, 7) is 10.7. The highest BCUT2D eigenvalue weighted by Crippen LogP contribution is 2.36. The third kappa shape index (κ3) is 6.02. The fourth-order valence-electron chi connectivity index (χ4n) is 3.45. The van der Waals surface area contributed by atoms with Crippen LogP contribution in [0.15, 0.2) is 24.3 Å². The topological polar surface area (TPSA) is 70.6 Å². The van der Waals surface area contributed by atoms with E-state index in [1.165, 1.54) is 6.07 Å². The van der Waals surface area contributed by atoms with E-state index >= 15 is 0 Å². The number of rotatable bonds is 3. The zero-order valence-corrected chi connectivity index (χ0v) is 18.9. The summed E-state index contributed by atoms with van der Waals surface area (Å²) in [5, 5.41) is 2.96. The van der Waals surface area contributed by atoms with Crippen LogP contribution in [-0.2, 0) is 10.9 Å². The number of carbonyl (C=O) groups is 1. The minimum absolute atomic E-state index is 0.232. The molecule has 0 aliphatic carbocycles. The monoisotopic (exact) mass is 451 g/mol. The van der Waals surface area contributed by atoms with Crippen molar-refractivity contribution in [1.29, 1.82) is 0 Å². The molecule has 1 aliphatic rings. The molecule has 2 heterocycles. The number of carbonyl (C=O) groups excluding carboxylic acids is 1. The molecule has 0 radical (unpaired) electrons. The molecule has 1 saturated heterocycles. The van der Waals surface area contributed by atoms with E-state index in [0.717, 1.165) is 12.1 Å². The van der Waals surface area contributed by atoms with Crippen molar-refractivity contribution in [1.82, 2.24) is 14.9 Å². The van der Waals surface area contributed by atoms with E-state index < -0.39 is 23.4 Å². The fraction of sp³-hybridized carbons (Fsp3) is 0.500. The Hall–Kier alpha value is -3.04. The first-order valence-electron chi connectivity index (χ1n) is 10.4. The van der Waals surface area contributed by atoms with Crippen molar-refractivity contribution in [3.8, 4) is 0 Å². The van der Waals surface area contributed by atoms with Crippen molar-refractivity contribution < 1.29 is 22.7 Å². The number of anilines is 3. The maximum Gasteiger partial charge on any atom is 0.416 e. The second-order valence-electron chi connectivity index (χ2n) is 8.78. The van der Waals surface area contributed by atoms with E-state index in [9.17, 15) is 18.0 Å². The van der Waals surface area contributed by atoms with Crippen LogP contribution in [0.4, 0.5) is 35.3 Å². The Morgan fingerprint density at radius 1 is 1.00 bits per heavy atom. The highest BCUT2D eigenvalue weighted by Gasteiger charge is 2.32. The Balaban J connectivity index is 1.84. The van der Waals surface area contributed by atoms with Gasteiger partial charge in [-0.2, -0.15) is 13.2 Å². The number of nitrogens with one attached hydrogen (secondary N) is 1. The standard InChI is InChI=1S/C22H28F3N5O2/c1-14-12-15(2)27-19(26-14)28-17-13-16(22(23,24)25)6-7-18(17)29-8-10-30(11-9-29)20(31)32-21(3,4)5/h6-7,12-13H,8-11H2,1-5H3,(H,26,27,28). The minimum Gasteiger partial charge on any atom is -0.444 e. The SMILES string of the molecule is Cc1cc(C)nc(Nc2cc(C(F)(F)F)ccc2N2CCN(C(=O)OC(C)(C)C)CC2)n1. The van der Waals surface area contributed by atoms with Crippen LogP contribution in [0.3, 0.4) is 0 Å². The highest BCUT2D eigenvalue weighted by molar-refractivity contribution is 5.75. The number of piperazine rings is 1. The summed E-state index contributed by atoms with van der Waals surface area (Å²) in [5.74, 6) is 0.232. The van der Waals surface area contributed by atoms with Crippen molar-refractivity contribution in [2.75, 3.05) is 36.4 Å². The molecule has 0 spiro atoms. The van der Waals surface area contributed by atoms with Gasteiger partial charge in [0, 0.05) is 37.6 Å². The van der Waals surface area contributed by atoms with Gasteiger partial charge in [-0.1, -0.05) is 0 Å². The molecule has 1 fully saturated rings. The quantitative estimate of drug-likeness (QED) is 0.715. The average molecular weight is 451 g/mol. The van der Waals surface area contributed by atoms with E-state index in [1.54, 1.807) is 45.6 Å². The van der Waals surface area contributed by atoms with Crippen LogP contribution in [0.5, 0.6) is 0 Å². The van der Waals surface area contributed by atoms with Gasteiger partial charge in [-0.05, 0) is 58.9 Å². The van der Waals surface area contributed by atoms with E-state index in [-0.39, 0.29) is 11.6 Å². The maximum atomic E-state index is 13.4. The molecular formula is C22H28F3N5O2. The lowest BCUT2D eigenvalue weighted by atomic mass is 10.1. The van der Waals surface area contributed by atoms with Crippen LogP contribution in [0, 0.1) is 13.8 Å². The molecule has 7 nitrogen and oxygen atoms in total. The number of hydrogen-bond acceptors (Lipinski definition) is 6. The maximum absolute atomic E-state index is 13.4. The van der Waals surface area contributed by atoms with Crippen molar-refractivity contribution in [2.24, 2.45) is 0 Å². The van der Waals surface area contributed by atoms with Gasteiger partial charge < -0.3 is 19.9 Å². The van der Waals surface area contributed by atoms with Gasteiger partial charge in [0.15, 0.2) is 0 Å². The number of aromatic nitrogens is 2. The van der Waals surface area contributed by atoms with Gasteiger partial charge in [0.2, 0.25) is 5.95 Å². The minimum atomic E-state index is -4.48. The molecular weight excluding hydrogens is 423 g/mol. The van der Waals surface area contributed by atoms with Crippen molar-refractivity contribution >= 4 is 23.4 Å². The molecule has 1 amide bonds. The molecule has 0 atom stereocenters. The molecule has 1 aliphatic heterocycles. The molecule has 10 heteroatoms. The molecule has 0 bridgehead atoms. The second-order valence-corrected chi connectivity index (χ2v) is 8.78. The number of nitrogens with zero attached hydrogens (tertiary/aromatic N) is 4. The summed E-state index contributed by atoms with van der Waals surface area (Å²) in [6.07, 6.45) is -4.88. The van der Waals surface area contributed by atoms with Crippen LogP contribution in [0.25, 0.3) is 0 Å². The van der Waals surface area contributed by atoms with Crippen molar-refractivity contribution in [2.45, 2.75) is 46.4 Å². The Labute approximate surface area is 185 Å². The molecule has 0 saturated carbocycles. The first-order chi connectivity index (χ1) is 14.8. The Morgan fingerprint density at radius 2 is 1.59 bits per heavy atom. The molecule has 1 N–H and O–H groups in total. The number of halogens is 3. The van der Waals surface area contributed by atoms with E-state index in [1.807, 2.05) is 4.90 Å². The van der Waals surface area contributed by atoms with E-state index in [0.29, 0.717) is 43.3 Å². The normalized spacial score (nSPS) is 15.0. The van der Waals surface area contributed by atoms with Gasteiger partial charge in [-0.25, -0.2) is 14.8 Å². The predicted molar refractivity (Wildman–Crippen MR) is 116 cm³/mol. The van der Waals surface area contributed by atoms with Gasteiger partial charge in [0.25, 0.3) is 0 Å². The van der Waals surface area contributed by atoms with Gasteiger partial charge in [-0.15, -0.1) is 0 Å². The first kappa shape index (κ1) is 23.6. The Kier molecular flexibility index (Phi) is 6.52. The number of alkyl halides is 3. The zero-order valence-electron chi connectivity index (χ0n) is 18.9. The highest BCUT2D eigenvalue weighted by atomic mass is 19.4. The average Bonchev–Trinajstić information content (AvgIpc) is 2.65. The van der Waals surface area contributed by atoms with Gasteiger partial charge in [0.05, 0.1) is 16.9 Å². The number of amides is 1. The molecule has 2 aromatic rings. The Bertz CT molecular complexity index is 960. The molecule has 1 aromatic carbocycles. The smallest absolute Gasteiger partial charge is 0.416 e. The lowest BCUT2D eigenvalue weighted by Crippen LogP contribution is -2.50. The van der Waals surface area contributed by atoms with E-state index in [2.05, 4.69) is 15.3 Å². The second kappa shape index (κ2) is 8.84. The molecule has 1 aromatic heterocycles. The van der Waals surface area contributed by atoms with Gasteiger partial charge >= 0.3 is 12.3 Å². The number of ether oxygens (including phenoxy) is 1.